The summed E-state index contributed by atoms with van der Waals surface area (Å²) in [7, 11) is 1.62. The molecule has 6 nitrogen and oxygen atoms in total. The van der Waals surface area contributed by atoms with E-state index in [2.05, 4.69) is 15.5 Å². The summed E-state index contributed by atoms with van der Waals surface area (Å²) in [5.41, 5.74) is 1.49. The topological polar surface area (TPSA) is 76.2 Å². The highest BCUT2D eigenvalue weighted by Gasteiger charge is 2.26. The van der Waals surface area contributed by atoms with Crippen molar-refractivity contribution in [1.82, 2.24) is 15.5 Å². The number of aromatic nitrogens is 2. The van der Waals surface area contributed by atoms with Crippen LogP contribution in [0.4, 0.5) is 0 Å². The molecule has 1 fully saturated rings. The molecule has 1 amide bonds. The van der Waals surface area contributed by atoms with Gasteiger partial charge in [0.25, 0.3) is 5.91 Å². The lowest BCUT2D eigenvalue weighted by Gasteiger charge is -2.07. The Kier molecular flexibility index (Phi) is 4.27. The first kappa shape index (κ1) is 14.4. The SMILES string of the molecule is COc1ccc(OCCNC(=O)c2cc(C3CC3)[nH]n2)cc1. The molecule has 1 aromatic heterocycles. The van der Waals surface area contributed by atoms with Gasteiger partial charge in [-0.3, -0.25) is 9.89 Å². The van der Waals surface area contributed by atoms with Gasteiger partial charge < -0.3 is 14.8 Å². The van der Waals surface area contributed by atoms with Crippen molar-refractivity contribution in [1.29, 1.82) is 0 Å². The van der Waals surface area contributed by atoms with E-state index >= 15 is 0 Å². The summed E-state index contributed by atoms with van der Waals surface area (Å²) in [5.74, 6) is 1.91. The molecule has 1 aliphatic carbocycles. The standard InChI is InChI=1S/C16H19N3O3/c1-21-12-4-6-13(7-5-12)22-9-8-17-16(20)15-10-14(18-19-15)11-2-3-11/h4-7,10-11H,2-3,8-9H2,1H3,(H,17,20)(H,18,19). The van der Waals surface area contributed by atoms with Crippen LogP contribution in [-0.2, 0) is 0 Å². The Morgan fingerprint density at radius 3 is 2.73 bits per heavy atom. The number of methoxy groups -OCH3 is 1. The predicted molar refractivity (Wildman–Crippen MR) is 81.4 cm³/mol. The number of benzene rings is 1. The number of H-pyrrole nitrogens is 1. The number of amides is 1. The molecule has 0 bridgehead atoms. The van der Waals surface area contributed by atoms with Gasteiger partial charge in [-0.05, 0) is 43.2 Å². The first-order valence-electron chi connectivity index (χ1n) is 7.36. The van der Waals surface area contributed by atoms with Crippen LogP contribution in [0.25, 0.3) is 0 Å². The van der Waals surface area contributed by atoms with E-state index in [9.17, 15) is 4.79 Å². The number of aromatic amines is 1. The van der Waals surface area contributed by atoms with Crippen LogP contribution in [0.2, 0.25) is 0 Å². The van der Waals surface area contributed by atoms with Gasteiger partial charge in [0.1, 0.15) is 23.8 Å². The van der Waals surface area contributed by atoms with Crippen LogP contribution in [0.15, 0.2) is 30.3 Å². The van der Waals surface area contributed by atoms with Gasteiger partial charge in [0, 0.05) is 11.6 Å². The Hall–Kier alpha value is -2.50. The number of carbonyl (C=O) groups is 1. The van der Waals surface area contributed by atoms with Crippen molar-refractivity contribution in [2.75, 3.05) is 20.3 Å². The normalized spacial score (nSPS) is 13.7. The zero-order valence-electron chi connectivity index (χ0n) is 12.5. The van der Waals surface area contributed by atoms with Crippen molar-refractivity contribution in [3.63, 3.8) is 0 Å². The molecule has 6 heteroatoms. The van der Waals surface area contributed by atoms with Crippen LogP contribution in [0.3, 0.4) is 0 Å². The number of nitrogens with one attached hydrogen (secondary N) is 2. The Bertz CT molecular complexity index is 632. The van der Waals surface area contributed by atoms with Gasteiger partial charge in [-0.1, -0.05) is 0 Å². The minimum absolute atomic E-state index is 0.179. The molecule has 1 aromatic carbocycles. The summed E-state index contributed by atoms with van der Waals surface area (Å²) in [6, 6.07) is 9.15. The van der Waals surface area contributed by atoms with E-state index in [4.69, 9.17) is 9.47 Å². The summed E-state index contributed by atoms with van der Waals surface area (Å²) in [6.07, 6.45) is 2.36. The number of ether oxygens (including phenoxy) is 2. The maximum atomic E-state index is 11.9. The van der Waals surface area contributed by atoms with Crippen LogP contribution < -0.4 is 14.8 Å². The van der Waals surface area contributed by atoms with Gasteiger partial charge in [0.2, 0.25) is 0 Å². The van der Waals surface area contributed by atoms with E-state index in [1.54, 1.807) is 7.11 Å². The Morgan fingerprint density at radius 2 is 2.05 bits per heavy atom. The number of hydrogen-bond acceptors (Lipinski definition) is 4. The summed E-state index contributed by atoms with van der Waals surface area (Å²) in [4.78, 5) is 11.9. The molecule has 1 aliphatic rings. The monoisotopic (exact) mass is 301 g/mol. The van der Waals surface area contributed by atoms with Crippen molar-refractivity contribution < 1.29 is 14.3 Å². The highest BCUT2D eigenvalue weighted by atomic mass is 16.5. The molecule has 0 aliphatic heterocycles. The van der Waals surface area contributed by atoms with Gasteiger partial charge >= 0.3 is 0 Å². The molecule has 2 N–H and O–H groups in total. The molecule has 0 unspecified atom stereocenters. The average molecular weight is 301 g/mol. The van der Waals surface area contributed by atoms with E-state index in [0.29, 0.717) is 24.8 Å². The van der Waals surface area contributed by atoms with E-state index in [1.165, 1.54) is 12.8 Å². The number of hydrogen-bond donors (Lipinski definition) is 2. The molecular formula is C16H19N3O3. The summed E-state index contributed by atoms with van der Waals surface area (Å²) >= 11 is 0. The van der Waals surface area contributed by atoms with Gasteiger partial charge in [0.15, 0.2) is 0 Å². The van der Waals surface area contributed by atoms with Crippen LogP contribution in [-0.4, -0.2) is 36.4 Å². The van der Waals surface area contributed by atoms with Crippen LogP contribution in [0.5, 0.6) is 11.5 Å². The first-order chi connectivity index (χ1) is 10.8. The van der Waals surface area contributed by atoms with Gasteiger partial charge in [-0.2, -0.15) is 5.10 Å². The van der Waals surface area contributed by atoms with Gasteiger partial charge in [-0.15, -0.1) is 0 Å². The van der Waals surface area contributed by atoms with Crippen molar-refractivity contribution in [3.05, 3.63) is 41.7 Å². The second-order valence-electron chi connectivity index (χ2n) is 5.26. The van der Waals surface area contributed by atoms with Gasteiger partial charge in [-0.25, -0.2) is 0 Å². The van der Waals surface area contributed by atoms with Crippen molar-refractivity contribution in [2.45, 2.75) is 18.8 Å². The average Bonchev–Trinajstić information content (AvgIpc) is 3.29. The lowest BCUT2D eigenvalue weighted by Crippen LogP contribution is -2.28. The second-order valence-corrected chi connectivity index (χ2v) is 5.26. The lowest BCUT2D eigenvalue weighted by atomic mass is 10.2. The zero-order valence-corrected chi connectivity index (χ0v) is 12.5. The largest absolute Gasteiger partial charge is 0.497 e. The summed E-state index contributed by atoms with van der Waals surface area (Å²) in [5, 5.41) is 9.76. The third kappa shape index (κ3) is 3.58. The van der Waals surface area contributed by atoms with Gasteiger partial charge in [0.05, 0.1) is 13.7 Å². The fourth-order valence-electron chi connectivity index (χ4n) is 2.15. The first-order valence-corrected chi connectivity index (χ1v) is 7.36. The molecule has 3 rings (SSSR count). The number of carbonyl (C=O) groups excluding carboxylic acids is 1. The van der Waals surface area contributed by atoms with E-state index < -0.39 is 0 Å². The minimum Gasteiger partial charge on any atom is -0.497 e. The molecule has 0 saturated heterocycles. The van der Waals surface area contributed by atoms with Crippen molar-refractivity contribution in [2.24, 2.45) is 0 Å². The molecule has 1 saturated carbocycles. The highest BCUT2D eigenvalue weighted by Crippen LogP contribution is 2.38. The molecule has 1 heterocycles. The van der Waals surface area contributed by atoms with E-state index in [0.717, 1.165) is 17.2 Å². The van der Waals surface area contributed by atoms with Crippen LogP contribution in [0.1, 0.15) is 34.9 Å². The lowest BCUT2D eigenvalue weighted by molar-refractivity contribution is 0.0942. The molecule has 0 radical (unpaired) electrons. The third-order valence-electron chi connectivity index (χ3n) is 3.56. The van der Waals surface area contributed by atoms with Crippen molar-refractivity contribution >= 4 is 5.91 Å². The van der Waals surface area contributed by atoms with Crippen LogP contribution >= 0.6 is 0 Å². The maximum absolute atomic E-state index is 11.9. The molecule has 116 valence electrons. The molecule has 22 heavy (non-hydrogen) atoms. The molecule has 2 aromatic rings. The van der Waals surface area contributed by atoms with E-state index in [-0.39, 0.29) is 5.91 Å². The Balaban J connectivity index is 1.40. The Morgan fingerprint density at radius 1 is 1.32 bits per heavy atom. The minimum atomic E-state index is -0.179. The third-order valence-corrected chi connectivity index (χ3v) is 3.56. The molecular weight excluding hydrogens is 282 g/mol. The fraction of sp³-hybridized carbons (Fsp3) is 0.375. The fourth-order valence-corrected chi connectivity index (χ4v) is 2.15. The number of rotatable bonds is 7. The maximum Gasteiger partial charge on any atom is 0.271 e. The summed E-state index contributed by atoms with van der Waals surface area (Å²) < 4.78 is 10.6. The summed E-state index contributed by atoms with van der Waals surface area (Å²) in [6.45, 7) is 0.828. The number of nitrogens with zero attached hydrogens (tertiary/aromatic N) is 1. The Labute approximate surface area is 128 Å². The smallest absolute Gasteiger partial charge is 0.271 e. The van der Waals surface area contributed by atoms with E-state index in [1.807, 2.05) is 30.3 Å². The molecule has 0 spiro atoms. The zero-order chi connectivity index (χ0) is 15.4. The van der Waals surface area contributed by atoms with Crippen LogP contribution in [0, 0.1) is 0 Å². The highest BCUT2D eigenvalue weighted by molar-refractivity contribution is 5.92. The quantitative estimate of drug-likeness (QED) is 0.768. The molecule has 0 atom stereocenters. The van der Waals surface area contributed by atoms with Crippen molar-refractivity contribution in [3.8, 4) is 11.5 Å². The second kappa shape index (κ2) is 6.51. The predicted octanol–water partition coefficient (Wildman–Crippen LogP) is 2.10.